The van der Waals surface area contributed by atoms with E-state index in [4.69, 9.17) is 11.6 Å². The first kappa shape index (κ1) is 19.4. The van der Waals surface area contributed by atoms with Crippen LogP contribution in [0.1, 0.15) is 24.8 Å². The van der Waals surface area contributed by atoms with Crippen molar-refractivity contribution in [3.63, 3.8) is 0 Å². The van der Waals surface area contributed by atoms with Crippen molar-refractivity contribution >= 4 is 33.2 Å². The summed E-state index contributed by atoms with van der Waals surface area (Å²) in [6, 6.07) is 14.3. The normalized spacial score (nSPS) is 18.7. The Hall–Kier alpha value is -1.89. The first-order valence-electron chi connectivity index (χ1n) is 9.62. The van der Waals surface area contributed by atoms with Gasteiger partial charge in [-0.15, -0.1) is 0 Å². The van der Waals surface area contributed by atoms with Gasteiger partial charge in [0, 0.05) is 36.3 Å². The number of carbonyl (C=O) groups is 1. The number of para-hydroxylation sites is 1. The van der Waals surface area contributed by atoms with E-state index < -0.39 is 10.0 Å². The molecule has 4 rings (SSSR count). The molecule has 2 aromatic carbocycles. The number of amides is 1. The third-order valence-corrected chi connectivity index (χ3v) is 7.80. The van der Waals surface area contributed by atoms with E-state index >= 15 is 0 Å². The van der Waals surface area contributed by atoms with Gasteiger partial charge in [0.15, 0.2) is 0 Å². The second-order valence-corrected chi connectivity index (χ2v) is 9.73. The molecular weight excluding hydrogens is 396 g/mol. The molecule has 7 heteroatoms. The highest BCUT2D eigenvalue weighted by Gasteiger charge is 2.35. The summed E-state index contributed by atoms with van der Waals surface area (Å²) in [6.07, 6.45) is 3.05. The number of anilines is 1. The maximum absolute atomic E-state index is 13.1. The molecule has 0 radical (unpaired) electrons. The Balaban J connectivity index is 1.45. The molecule has 0 atom stereocenters. The average molecular weight is 419 g/mol. The van der Waals surface area contributed by atoms with Crippen LogP contribution in [-0.2, 0) is 21.2 Å². The molecule has 1 saturated heterocycles. The van der Waals surface area contributed by atoms with Gasteiger partial charge in [-0.05, 0) is 61.6 Å². The summed E-state index contributed by atoms with van der Waals surface area (Å²) >= 11 is 5.86. The van der Waals surface area contributed by atoms with Crippen molar-refractivity contribution in [3.8, 4) is 0 Å². The van der Waals surface area contributed by atoms with E-state index in [1.165, 1.54) is 22.0 Å². The largest absolute Gasteiger partial charge is 0.312 e. The number of rotatable bonds is 3. The van der Waals surface area contributed by atoms with E-state index in [9.17, 15) is 13.2 Å². The van der Waals surface area contributed by atoms with Gasteiger partial charge in [0.2, 0.25) is 15.9 Å². The number of sulfonamides is 1. The second kappa shape index (κ2) is 7.85. The lowest BCUT2D eigenvalue weighted by atomic mass is 9.94. The van der Waals surface area contributed by atoms with Gasteiger partial charge < -0.3 is 4.90 Å². The van der Waals surface area contributed by atoms with E-state index in [0.29, 0.717) is 31.0 Å². The standard InChI is InChI=1S/C21H23ClN2O3S/c22-18-7-9-19(10-8-18)28(26,27)23-14-11-17(12-15-23)21(25)24-13-3-5-16-4-1-2-6-20(16)24/h1-2,4,6-10,17H,3,5,11-15H2. The summed E-state index contributed by atoms with van der Waals surface area (Å²) in [5, 5.41) is 0.505. The molecule has 28 heavy (non-hydrogen) atoms. The molecule has 2 heterocycles. The highest BCUT2D eigenvalue weighted by atomic mass is 35.5. The smallest absolute Gasteiger partial charge is 0.243 e. The summed E-state index contributed by atoms with van der Waals surface area (Å²) < 4.78 is 27.1. The van der Waals surface area contributed by atoms with Gasteiger partial charge >= 0.3 is 0 Å². The fraction of sp³-hybridized carbons (Fsp3) is 0.381. The van der Waals surface area contributed by atoms with Crippen molar-refractivity contribution in [1.29, 1.82) is 0 Å². The van der Waals surface area contributed by atoms with Crippen LogP contribution in [0.2, 0.25) is 5.02 Å². The highest BCUT2D eigenvalue weighted by molar-refractivity contribution is 7.89. The molecule has 2 aliphatic rings. The number of benzene rings is 2. The lowest BCUT2D eigenvalue weighted by Crippen LogP contribution is -2.45. The second-order valence-electron chi connectivity index (χ2n) is 7.35. The van der Waals surface area contributed by atoms with Gasteiger partial charge in [-0.3, -0.25) is 4.79 Å². The SMILES string of the molecule is O=C(C1CCN(S(=O)(=O)c2ccc(Cl)cc2)CC1)N1CCCc2ccccc21. The molecule has 0 unspecified atom stereocenters. The summed E-state index contributed by atoms with van der Waals surface area (Å²) in [5.41, 5.74) is 2.22. The Morgan fingerprint density at radius 3 is 2.36 bits per heavy atom. The van der Waals surface area contributed by atoms with Crippen LogP contribution in [0.4, 0.5) is 5.69 Å². The number of nitrogens with zero attached hydrogens (tertiary/aromatic N) is 2. The summed E-state index contributed by atoms with van der Waals surface area (Å²) in [5.74, 6) is -0.0153. The quantitative estimate of drug-likeness (QED) is 0.763. The molecule has 5 nitrogen and oxygen atoms in total. The number of halogens is 1. The Morgan fingerprint density at radius 1 is 0.964 bits per heavy atom. The molecule has 0 saturated carbocycles. The molecular formula is C21H23ClN2O3S. The van der Waals surface area contributed by atoms with E-state index in [-0.39, 0.29) is 16.7 Å². The van der Waals surface area contributed by atoms with E-state index in [1.54, 1.807) is 12.1 Å². The van der Waals surface area contributed by atoms with Crippen LogP contribution < -0.4 is 4.90 Å². The van der Waals surface area contributed by atoms with E-state index in [0.717, 1.165) is 25.1 Å². The van der Waals surface area contributed by atoms with Crippen LogP contribution in [0.25, 0.3) is 0 Å². The molecule has 0 aromatic heterocycles. The third kappa shape index (κ3) is 3.69. The maximum Gasteiger partial charge on any atom is 0.243 e. The van der Waals surface area contributed by atoms with Crippen molar-refractivity contribution in [2.24, 2.45) is 5.92 Å². The predicted molar refractivity (Wildman–Crippen MR) is 110 cm³/mol. The average Bonchev–Trinajstić information content (AvgIpc) is 2.73. The summed E-state index contributed by atoms with van der Waals surface area (Å²) in [4.78, 5) is 15.3. The fourth-order valence-corrected chi connectivity index (χ4v) is 5.68. The van der Waals surface area contributed by atoms with Gasteiger partial charge in [0.05, 0.1) is 4.90 Å². The third-order valence-electron chi connectivity index (χ3n) is 5.63. The predicted octanol–water partition coefficient (Wildman–Crippen LogP) is 3.72. The number of carbonyl (C=O) groups excluding carboxylic acids is 1. The molecule has 0 N–H and O–H groups in total. The lowest BCUT2D eigenvalue weighted by molar-refractivity contribution is -0.123. The number of hydrogen-bond donors (Lipinski definition) is 0. The van der Waals surface area contributed by atoms with Crippen LogP contribution >= 0.6 is 11.6 Å². The molecule has 0 bridgehead atoms. The summed E-state index contributed by atoms with van der Waals surface area (Å²) in [7, 11) is -3.55. The fourth-order valence-electron chi connectivity index (χ4n) is 4.08. The van der Waals surface area contributed by atoms with Gasteiger partial charge in [-0.1, -0.05) is 29.8 Å². The summed E-state index contributed by atoms with van der Waals surface area (Å²) in [6.45, 7) is 1.45. The number of aryl methyl sites for hydroxylation is 1. The number of fused-ring (bicyclic) bond motifs is 1. The van der Waals surface area contributed by atoms with Crippen molar-refractivity contribution in [1.82, 2.24) is 4.31 Å². The Bertz CT molecular complexity index is 967. The zero-order chi connectivity index (χ0) is 19.7. The van der Waals surface area contributed by atoms with Crippen LogP contribution in [0.5, 0.6) is 0 Å². The zero-order valence-electron chi connectivity index (χ0n) is 15.6. The van der Waals surface area contributed by atoms with Gasteiger partial charge in [-0.2, -0.15) is 4.31 Å². The lowest BCUT2D eigenvalue weighted by Gasteiger charge is -2.36. The Morgan fingerprint density at radius 2 is 1.64 bits per heavy atom. The van der Waals surface area contributed by atoms with E-state index in [1.807, 2.05) is 23.1 Å². The minimum Gasteiger partial charge on any atom is -0.312 e. The number of piperidine rings is 1. The molecule has 1 fully saturated rings. The van der Waals surface area contributed by atoms with Gasteiger partial charge in [0.1, 0.15) is 0 Å². The molecule has 2 aromatic rings. The van der Waals surface area contributed by atoms with Gasteiger partial charge in [-0.25, -0.2) is 8.42 Å². The monoisotopic (exact) mass is 418 g/mol. The minimum atomic E-state index is -3.55. The first-order valence-corrected chi connectivity index (χ1v) is 11.4. The Labute approximate surface area is 171 Å². The molecule has 148 valence electrons. The molecule has 0 spiro atoms. The zero-order valence-corrected chi connectivity index (χ0v) is 17.1. The Kier molecular flexibility index (Phi) is 5.45. The van der Waals surface area contributed by atoms with Gasteiger partial charge in [0.25, 0.3) is 0 Å². The molecule has 2 aliphatic heterocycles. The highest BCUT2D eigenvalue weighted by Crippen LogP contribution is 2.31. The van der Waals surface area contributed by atoms with Crippen LogP contribution in [-0.4, -0.2) is 38.3 Å². The maximum atomic E-state index is 13.1. The molecule has 1 amide bonds. The minimum absolute atomic E-state index is 0.121. The number of hydrogen-bond acceptors (Lipinski definition) is 3. The molecule has 0 aliphatic carbocycles. The van der Waals surface area contributed by atoms with Crippen LogP contribution in [0, 0.1) is 5.92 Å². The van der Waals surface area contributed by atoms with Crippen molar-refractivity contribution in [2.45, 2.75) is 30.6 Å². The van der Waals surface area contributed by atoms with Crippen molar-refractivity contribution in [2.75, 3.05) is 24.5 Å². The van der Waals surface area contributed by atoms with Crippen LogP contribution in [0.3, 0.4) is 0 Å². The van der Waals surface area contributed by atoms with Crippen molar-refractivity contribution in [3.05, 3.63) is 59.1 Å². The van der Waals surface area contributed by atoms with Crippen LogP contribution in [0.15, 0.2) is 53.4 Å². The van der Waals surface area contributed by atoms with E-state index in [2.05, 4.69) is 6.07 Å². The topological polar surface area (TPSA) is 57.7 Å². The van der Waals surface area contributed by atoms with Crippen molar-refractivity contribution < 1.29 is 13.2 Å². The first-order chi connectivity index (χ1) is 13.5.